The Labute approximate surface area is 133 Å². The SMILES string of the molecule is Cn1c(CC(N)C(=O)O)c(-c2ccc(F)cc2)c2ccccc21. The number of benzene rings is 2. The standard InChI is InChI=1S/C18H17FN2O2/c1-21-15-5-3-2-4-13(15)17(11-6-8-12(19)9-7-11)16(21)10-14(20)18(22)23/h2-9,14H,10,20H2,1H3,(H,22,23). The number of carboxylic acids is 1. The minimum Gasteiger partial charge on any atom is -0.480 e. The number of hydrogen-bond acceptors (Lipinski definition) is 2. The number of carboxylic acid groups (broad SMARTS) is 1. The fourth-order valence-electron chi connectivity index (χ4n) is 2.92. The van der Waals surface area contributed by atoms with E-state index >= 15 is 0 Å². The maximum Gasteiger partial charge on any atom is 0.320 e. The Morgan fingerprint density at radius 3 is 2.52 bits per heavy atom. The summed E-state index contributed by atoms with van der Waals surface area (Å²) < 4.78 is 15.2. The summed E-state index contributed by atoms with van der Waals surface area (Å²) in [6, 6.07) is 13.0. The maximum absolute atomic E-state index is 13.2. The highest BCUT2D eigenvalue weighted by atomic mass is 19.1. The zero-order valence-electron chi connectivity index (χ0n) is 12.7. The van der Waals surface area contributed by atoms with Crippen molar-refractivity contribution in [3.8, 4) is 11.1 Å². The van der Waals surface area contributed by atoms with Crippen molar-refractivity contribution in [3.05, 3.63) is 60.0 Å². The van der Waals surface area contributed by atoms with Crippen molar-refractivity contribution in [3.63, 3.8) is 0 Å². The van der Waals surface area contributed by atoms with Gasteiger partial charge in [-0.1, -0.05) is 30.3 Å². The zero-order chi connectivity index (χ0) is 16.6. The second-order valence-corrected chi connectivity index (χ2v) is 5.55. The fourth-order valence-corrected chi connectivity index (χ4v) is 2.92. The van der Waals surface area contributed by atoms with Crippen LogP contribution in [0.5, 0.6) is 0 Å². The molecule has 0 aliphatic carbocycles. The number of nitrogens with zero attached hydrogens (tertiary/aromatic N) is 1. The molecule has 0 amide bonds. The molecule has 3 aromatic rings. The normalized spacial score (nSPS) is 12.5. The lowest BCUT2D eigenvalue weighted by Crippen LogP contribution is -2.33. The first-order chi connectivity index (χ1) is 11.0. The molecule has 0 saturated heterocycles. The minimum absolute atomic E-state index is 0.202. The number of hydrogen-bond donors (Lipinski definition) is 2. The molecule has 4 nitrogen and oxygen atoms in total. The van der Waals surface area contributed by atoms with Gasteiger partial charge in [-0.05, 0) is 23.8 Å². The first kappa shape index (κ1) is 15.2. The second kappa shape index (κ2) is 5.85. The van der Waals surface area contributed by atoms with E-state index in [0.717, 1.165) is 27.7 Å². The van der Waals surface area contributed by atoms with Gasteiger partial charge in [0.2, 0.25) is 0 Å². The van der Waals surface area contributed by atoms with Gasteiger partial charge in [0.25, 0.3) is 0 Å². The van der Waals surface area contributed by atoms with E-state index < -0.39 is 12.0 Å². The van der Waals surface area contributed by atoms with E-state index in [0.29, 0.717) is 0 Å². The summed E-state index contributed by atoms with van der Waals surface area (Å²) in [4.78, 5) is 11.1. The third-order valence-electron chi connectivity index (χ3n) is 4.09. The van der Waals surface area contributed by atoms with Crippen LogP contribution in [0.25, 0.3) is 22.0 Å². The van der Waals surface area contributed by atoms with Crippen molar-refractivity contribution in [1.29, 1.82) is 0 Å². The summed E-state index contributed by atoms with van der Waals surface area (Å²) in [6.07, 6.45) is 0.202. The number of para-hydroxylation sites is 1. The number of aromatic nitrogens is 1. The predicted molar refractivity (Wildman–Crippen MR) is 87.6 cm³/mol. The van der Waals surface area contributed by atoms with Crippen molar-refractivity contribution in [2.24, 2.45) is 12.8 Å². The Hall–Kier alpha value is -2.66. The molecule has 1 aromatic heterocycles. The molecule has 2 aromatic carbocycles. The summed E-state index contributed by atoms with van der Waals surface area (Å²) in [6.45, 7) is 0. The van der Waals surface area contributed by atoms with Gasteiger partial charge in [-0.2, -0.15) is 0 Å². The largest absolute Gasteiger partial charge is 0.480 e. The van der Waals surface area contributed by atoms with Crippen molar-refractivity contribution < 1.29 is 14.3 Å². The predicted octanol–water partition coefficient (Wildman–Crippen LogP) is 2.94. The molecule has 0 saturated carbocycles. The van der Waals surface area contributed by atoms with Crippen LogP contribution in [0.4, 0.5) is 4.39 Å². The van der Waals surface area contributed by atoms with E-state index in [1.807, 2.05) is 35.9 Å². The van der Waals surface area contributed by atoms with Crippen LogP contribution in [-0.2, 0) is 18.3 Å². The molecule has 1 unspecified atom stereocenters. The Kier molecular flexibility index (Phi) is 3.88. The average molecular weight is 312 g/mol. The van der Waals surface area contributed by atoms with Crippen LogP contribution in [0, 0.1) is 5.82 Å². The number of fused-ring (bicyclic) bond motifs is 1. The second-order valence-electron chi connectivity index (χ2n) is 5.55. The van der Waals surface area contributed by atoms with Gasteiger partial charge in [-0.3, -0.25) is 4.79 Å². The van der Waals surface area contributed by atoms with E-state index in [2.05, 4.69) is 0 Å². The van der Waals surface area contributed by atoms with Gasteiger partial charge in [0, 0.05) is 35.6 Å². The number of carbonyl (C=O) groups is 1. The first-order valence-electron chi connectivity index (χ1n) is 7.29. The molecule has 0 aliphatic rings. The molecular formula is C18H17FN2O2. The monoisotopic (exact) mass is 312 g/mol. The van der Waals surface area contributed by atoms with Gasteiger partial charge in [0.05, 0.1) is 0 Å². The van der Waals surface area contributed by atoms with Crippen molar-refractivity contribution in [2.75, 3.05) is 0 Å². The average Bonchev–Trinajstić information content (AvgIpc) is 2.81. The number of rotatable bonds is 4. The summed E-state index contributed by atoms with van der Waals surface area (Å²) in [5.74, 6) is -1.35. The van der Waals surface area contributed by atoms with Crippen LogP contribution in [0.3, 0.4) is 0 Å². The van der Waals surface area contributed by atoms with Crippen molar-refractivity contribution in [1.82, 2.24) is 4.57 Å². The van der Waals surface area contributed by atoms with E-state index in [4.69, 9.17) is 10.8 Å². The molecule has 0 spiro atoms. The van der Waals surface area contributed by atoms with Gasteiger partial charge in [-0.25, -0.2) is 4.39 Å². The molecule has 3 N–H and O–H groups in total. The Morgan fingerprint density at radius 1 is 1.22 bits per heavy atom. The Balaban J connectivity index is 2.24. The minimum atomic E-state index is -1.04. The van der Waals surface area contributed by atoms with Gasteiger partial charge < -0.3 is 15.4 Å². The lowest BCUT2D eigenvalue weighted by molar-refractivity contribution is -0.138. The van der Waals surface area contributed by atoms with Crippen LogP contribution < -0.4 is 5.73 Å². The summed E-state index contributed by atoms with van der Waals surface area (Å²) in [7, 11) is 1.89. The van der Waals surface area contributed by atoms with Crippen molar-refractivity contribution >= 4 is 16.9 Å². The molecule has 1 atom stereocenters. The number of aryl methyl sites for hydroxylation is 1. The lowest BCUT2D eigenvalue weighted by Gasteiger charge is -2.11. The lowest BCUT2D eigenvalue weighted by atomic mass is 9.99. The van der Waals surface area contributed by atoms with Crippen molar-refractivity contribution in [2.45, 2.75) is 12.5 Å². The molecular weight excluding hydrogens is 295 g/mol. The Morgan fingerprint density at radius 2 is 1.87 bits per heavy atom. The van der Waals surface area contributed by atoms with Crippen LogP contribution in [-0.4, -0.2) is 21.7 Å². The van der Waals surface area contributed by atoms with Gasteiger partial charge in [-0.15, -0.1) is 0 Å². The molecule has 0 fully saturated rings. The maximum atomic E-state index is 13.2. The van der Waals surface area contributed by atoms with Crippen LogP contribution in [0.15, 0.2) is 48.5 Å². The molecule has 0 radical (unpaired) electrons. The van der Waals surface area contributed by atoms with Gasteiger partial charge in [0.15, 0.2) is 0 Å². The third kappa shape index (κ3) is 2.71. The topological polar surface area (TPSA) is 68.2 Å². The number of aliphatic carboxylic acids is 1. The molecule has 23 heavy (non-hydrogen) atoms. The molecule has 0 aliphatic heterocycles. The fraction of sp³-hybridized carbons (Fsp3) is 0.167. The zero-order valence-corrected chi connectivity index (χ0v) is 12.7. The summed E-state index contributed by atoms with van der Waals surface area (Å²) in [5.41, 5.74) is 9.30. The van der Waals surface area contributed by atoms with Gasteiger partial charge in [0.1, 0.15) is 11.9 Å². The number of halogens is 1. The quantitative estimate of drug-likeness (QED) is 0.778. The highest BCUT2D eigenvalue weighted by Gasteiger charge is 2.21. The van der Waals surface area contributed by atoms with Crippen LogP contribution >= 0.6 is 0 Å². The molecule has 0 bridgehead atoms. The number of nitrogens with two attached hydrogens (primary N) is 1. The smallest absolute Gasteiger partial charge is 0.320 e. The van der Waals surface area contributed by atoms with E-state index in [9.17, 15) is 9.18 Å². The third-order valence-corrected chi connectivity index (χ3v) is 4.09. The molecule has 5 heteroatoms. The van der Waals surface area contributed by atoms with Crippen LogP contribution in [0.1, 0.15) is 5.69 Å². The summed E-state index contributed by atoms with van der Waals surface area (Å²) >= 11 is 0. The highest BCUT2D eigenvalue weighted by molar-refractivity contribution is 5.98. The molecule has 1 heterocycles. The van der Waals surface area contributed by atoms with E-state index in [1.54, 1.807) is 12.1 Å². The highest BCUT2D eigenvalue weighted by Crippen LogP contribution is 2.35. The first-order valence-corrected chi connectivity index (χ1v) is 7.29. The van der Waals surface area contributed by atoms with E-state index in [1.165, 1.54) is 12.1 Å². The van der Waals surface area contributed by atoms with Gasteiger partial charge >= 0.3 is 5.97 Å². The summed E-state index contributed by atoms with van der Waals surface area (Å²) in [5, 5.41) is 10.1. The molecule has 3 rings (SSSR count). The Bertz CT molecular complexity index is 869. The van der Waals surface area contributed by atoms with Crippen LogP contribution in [0.2, 0.25) is 0 Å². The molecule has 118 valence electrons. The van der Waals surface area contributed by atoms with E-state index in [-0.39, 0.29) is 12.2 Å².